The van der Waals surface area contributed by atoms with Gasteiger partial charge in [0.25, 0.3) is 0 Å². The highest BCUT2D eigenvalue weighted by Crippen LogP contribution is 2.17. The first-order valence-electron chi connectivity index (χ1n) is 5.68. The molecule has 0 aliphatic heterocycles. The zero-order valence-electron chi connectivity index (χ0n) is 9.76. The summed E-state index contributed by atoms with van der Waals surface area (Å²) >= 11 is 0. The number of amides is 2. The van der Waals surface area contributed by atoms with Crippen molar-refractivity contribution in [1.82, 2.24) is 0 Å². The third-order valence-corrected chi connectivity index (χ3v) is 2.66. The Bertz CT molecular complexity index is 376. The molecule has 4 N–H and O–H groups in total. The highest BCUT2D eigenvalue weighted by molar-refractivity contribution is 5.75. The van der Waals surface area contributed by atoms with Gasteiger partial charge in [-0.2, -0.15) is 0 Å². The minimum Gasteiger partial charge on any atom is -0.370 e. The molecule has 4 heteroatoms. The predicted octanol–water partition coefficient (Wildman–Crippen LogP) is 0.986. The summed E-state index contributed by atoms with van der Waals surface area (Å²) in [6.45, 7) is 0. The Kier molecular flexibility index (Phi) is 5.20. The third-order valence-electron chi connectivity index (χ3n) is 2.66. The van der Waals surface area contributed by atoms with E-state index in [4.69, 9.17) is 11.5 Å². The molecule has 1 aromatic rings. The molecule has 0 saturated carbocycles. The van der Waals surface area contributed by atoms with Crippen LogP contribution < -0.4 is 11.5 Å². The van der Waals surface area contributed by atoms with Gasteiger partial charge >= 0.3 is 0 Å². The molecule has 4 nitrogen and oxygen atoms in total. The van der Waals surface area contributed by atoms with Gasteiger partial charge in [-0.05, 0) is 24.3 Å². The van der Waals surface area contributed by atoms with Crippen LogP contribution in [0.3, 0.4) is 0 Å². The summed E-state index contributed by atoms with van der Waals surface area (Å²) in [5.41, 5.74) is 11.4. The van der Waals surface area contributed by atoms with E-state index >= 15 is 0 Å². The predicted molar refractivity (Wildman–Crippen MR) is 65.9 cm³/mol. The van der Waals surface area contributed by atoms with E-state index in [1.165, 1.54) is 0 Å². The molecule has 0 heterocycles. The monoisotopic (exact) mass is 234 g/mol. The lowest BCUT2D eigenvalue weighted by Crippen LogP contribution is -2.20. The van der Waals surface area contributed by atoms with Crippen molar-refractivity contribution in [3.8, 4) is 0 Å². The van der Waals surface area contributed by atoms with Crippen LogP contribution in [0.1, 0.15) is 24.8 Å². The third kappa shape index (κ3) is 5.70. The Morgan fingerprint density at radius 2 is 1.71 bits per heavy atom. The van der Waals surface area contributed by atoms with Crippen LogP contribution in [-0.4, -0.2) is 11.8 Å². The van der Waals surface area contributed by atoms with E-state index in [1.807, 2.05) is 30.3 Å². The van der Waals surface area contributed by atoms with Gasteiger partial charge < -0.3 is 11.5 Å². The number of benzene rings is 1. The van der Waals surface area contributed by atoms with Gasteiger partial charge in [-0.15, -0.1) is 0 Å². The fraction of sp³-hybridized carbons (Fsp3) is 0.385. The lowest BCUT2D eigenvalue weighted by atomic mass is 9.91. The maximum Gasteiger partial charge on any atom is 0.217 e. The van der Waals surface area contributed by atoms with E-state index < -0.39 is 0 Å². The molecule has 0 aliphatic carbocycles. The van der Waals surface area contributed by atoms with E-state index in [9.17, 15) is 9.59 Å². The van der Waals surface area contributed by atoms with E-state index in [0.29, 0.717) is 19.3 Å². The summed E-state index contributed by atoms with van der Waals surface area (Å²) in [4.78, 5) is 21.7. The molecule has 1 atom stereocenters. The Morgan fingerprint density at radius 1 is 1.06 bits per heavy atom. The number of primary amides is 2. The quantitative estimate of drug-likeness (QED) is 0.737. The first-order valence-corrected chi connectivity index (χ1v) is 5.68. The lowest BCUT2D eigenvalue weighted by molar-refractivity contribution is -0.120. The maximum absolute atomic E-state index is 11.0. The fourth-order valence-electron chi connectivity index (χ4n) is 1.85. The average Bonchev–Trinajstić information content (AvgIpc) is 2.26. The van der Waals surface area contributed by atoms with Crippen molar-refractivity contribution in [1.29, 1.82) is 0 Å². The van der Waals surface area contributed by atoms with Gasteiger partial charge in [-0.1, -0.05) is 30.3 Å². The van der Waals surface area contributed by atoms with Crippen LogP contribution in [-0.2, 0) is 16.0 Å². The standard InChI is InChI=1S/C13H18N2O2/c14-12(16)7-6-11(9-13(15)17)8-10-4-2-1-3-5-10/h1-5,11H,6-9H2,(H2,14,16)(H2,15,17). The number of carbonyl (C=O) groups is 2. The van der Waals surface area contributed by atoms with Crippen LogP contribution in [0, 0.1) is 5.92 Å². The normalized spacial score (nSPS) is 12.0. The minimum atomic E-state index is -0.340. The summed E-state index contributed by atoms with van der Waals surface area (Å²) in [5.74, 6) is -0.592. The summed E-state index contributed by atoms with van der Waals surface area (Å²) in [6, 6.07) is 9.84. The Labute approximate surface area is 101 Å². The summed E-state index contributed by atoms with van der Waals surface area (Å²) in [5, 5.41) is 0. The van der Waals surface area contributed by atoms with Gasteiger partial charge in [0.1, 0.15) is 0 Å². The molecule has 0 spiro atoms. The number of hydrogen-bond donors (Lipinski definition) is 2. The Hall–Kier alpha value is -1.84. The molecule has 17 heavy (non-hydrogen) atoms. The van der Waals surface area contributed by atoms with E-state index in [0.717, 1.165) is 12.0 Å². The first kappa shape index (κ1) is 13.2. The number of hydrogen-bond acceptors (Lipinski definition) is 2. The second kappa shape index (κ2) is 6.68. The van der Waals surface area contributed by atoms with Crippen molar-refractivity contribution in [2.45, 2.75) is 25.7 Å². The molecular formula is C13H18N2O2. The zero-order chi connectivity index (χ0) is 12.7. The van der Waals surface area contributed by atoms with Crippen LogP contribution in [0.4, 0.5) is 0 Å². The Balaban J connectivity index is 2.56. The maximum atomic E-state index is 11.0. The molecular weight excluding hydrogens is 216 g/mol. The van der Waals surface area contributed by atoms with Crippen molar-refractivity contribution < 1.29 is 9.59 Å². The smallest absolute Gasteiger partial charge is 0.217 e. The van der Waals surface area contributed by atoms with Gasteiger partial charge in [0.2, 0.25) is 11.8 Å². The molecule has 0 radical (unpaired) electrons. The zero-order valence-corrected chi connectivity index (χ0v) is 9.76. The molecule has 1 aromatic carbocycles. The minimum absolute atomic E-state index is 0.0856. The highest BCUT2D eigenvalue weighted by Gasteiger charge is 2.13. The van der Waals surface area contributed by atoms with E-state index in [-0.39, 0.29) is 17.7 Å². The molecule has 0 fully saturated rings. The fourth-order valence-corrected chi connectivity index (χ4v) is 1.85. The highest BCUT2D eigenvalue weighted by atomic mass is 16.1. The molecule has 0 aliphatic rings. The number of nitrogens with two attached hydrogens (primary N) is 2. The average molecular weight is 234 g/mol. The Morgan fingerprint density at radius 3 is 2.24 bits per heavy atom. The summed E-state index contributed by atoms with van der Waals surface area (Å²) in [7, 11) is 0. The largest absolute Gasteiger partial charge is 0.370 e. The van der Waals surface area contributed by atoms with Crippen molar-refractivity contribution in [2.75, 3.05) is 0 Å². The molecule has 0 aromatic heterocycles. The SMILES string of the molecule is NC(=O)CCC(CC(N)=O)Cc1ccccc1. The van der Waals surface area contributed by atoms with Gasteiger partial charge in [-0.25, -0.2) is 0 Å². The molecule has 1 unspecified atom stereocenters. The second-order valence-corrected chi connectivity index (χ2v) is 4.23. The number of carbonyl (C=O) groups excluding carboxylic acids is 2. The van der Waals surface area contributed by atoms with Crippen molar-refractivity contribution >= 4 is 11.8 Å². The van der Waals surface area contributed by atoms with Gasteiger partial charge in [0.05, 0.1) is 0 Å². The summed E-state index contributed by atoms with van der Waals surface area (Å²) in [6.07, 6.45) is 1.94. The van der Waals surface area contributed by atoms with E-state index in [2.05, 4.69) is 0 Å². The van der Waals surface area contributed by atoms with Crippen molar-refractivity contribution in [3.63, 3.8) is 0 Å². The van der Waals surface area contributed by atoms with Crippen LogP contribution >= 0.6 is 0 Å². The molecule has 92 valence electrons. The molecule has 0 bridgehead atoms. The van der Waals surface area contributed by atoms with Crippen molar-refractivity contribution in [2.24, 2.45) is 17.4 Å². The molecule has 2 amide bonds. The molecule has 1 rings (SSSR count). The second-order valence-electron chi connectivity index (χ2n) is 4.23. The van der Waals surface area contributed by atoms with Crippen LogP contribution in [0.25, 0.3) is 0 Å². The van der Waals surface area contributed by atoms with E-state index in [1.54, 1.807) is 0 Å². The van der Waals surface area contributed by atoms with Crippen LogP contribution in [0.15, 0.2) is 30.3 Å². The van der Waals surface area contributed by atoms with Crippen molar-refractivity contribution in [3.05, 3.63) is 35.9 Å². The van der Waals surface area contributed by atoms with Crippen LogP contribution in [0.5, 0.6) is 0 Å². The molecule has 0 saturated heterocycles. The van der Waals surface area contributed by atoms with Crippen LogP contribution in [0.2, 0.25) is 0 Å². The summed E-state index contributed by atoms with van der Waals surface area (Å²) < 4.78 is 0. The van der Waals surface area contributed by atoms with Gasteiger partial charge in [-0.3, -0.25) is 9.59 Å². The van der Waals surface area contributed by atoms with Gasteiger partial charge in [0.15, 0.2) is 0 Å². The van der Waals surface area contributed by atoms with Gasteiger partial charge in [0, 0.05) is 12.8 Å². The topological polar surface area (TPSA) is 86.2 Å². The number of rotatable bonds is 7. The lowest BCUT2D eigenvalue weighted by Gasteiger charge is -2.14. The first-order chi connectivity index (χ1) is 8.08.